The summed E-state index contributed by atoms with van der Waals surface area (Å²) >= 11 is 2.15. The van der Waals surface area contributed by atoms with Crippen LogP contribution in [-0.2, 0) is 11.8 Å². The number of hydrogen-bond donors (Lipinski definition) is 0. The average molecular weight is 480 g/mol. The molecule has 3 aromatic rings. The highest BCUT2D eigenvalue weighted by Crippen LogP contribution is 2.30. The molecule has 0 spiro atoms. The molecular weight excluding hydrogens is 455 g/mol. The zero-order valence-corrected chi connectivity index (χ0v) is 18.6. The summed E-state index contributed by atoms with van der Waals surface area (Å²) < 4.78 is 9.07. The summed E-state index contributed by atoms with van der Waals surface area (Å²) in [6, 6.07) is 27.1. The van der Waals surface area contributed by atoms with E-state index in [1.807, 2.05) is 36.4 Å². The third kappa shape index (κ3) is 5.62. The Kier molecular flexibility index (Phi) is 7.17. The Hall–Kier alpha value is -2.25. The fourth-order valence-corrected chi connectivity index (χ4v) is 3.94. The number of benzene rings is 3. The van der Waals surface area contributed by atoms with E-state index in [9.17, 15) is 0 Å². The van der Waals surface area contributed by atoms with Crippen LogP contribution in [0.2, 0.25) is 0 Å². The normalized spacial score (nSPS) is 12.5. The molecule has 0 bridgehead atoms. The van der Waals surface area contributed by atoms with Gasteiger partial charge in [0, 0.05) is 22.6 Å². The average Bonchev–Trinajstić information content (AvgIpc) is 2.70. The molecule has 0 radical (unpaired) electrons. The van der Waals surface area contributed by atoms with Gasteiger partial charge in [0.25, 0.3) is 0 Å². The fraction of sp³-hybridized carbons (Fsp3) is 0.231. The van der Waals surface area contributed by atoms with E-state index in [1.54, 1.807) is 0 Å². The van der Waals surface area contributed by atoms with E-state index in [-0.39, 0.29) is 5.41 Å². The van der Waals surface area contributed by atoms with Gasteiger partial charge in [0.1, 0.15) is 11.5 Å². The van der Waals surface area contributed by atoms with Crippen molar-refractivity contribution in [1.82, 2.24) is 0 Å². The Bertz CT molecular complexity index is 951. The minimum absolute atomic E-state index is 0.118. The van der Waals surface area contributed by atoms with Crippen molar-refractivity contribution in [2.75, 3.05) is 0 Å². The Labute approximate surface area is 182 Å². The lowest BCUT2D eigenvalue weighted by atomic mass is 9.78. The zero-order valence-electron chi connectivity index (χ0n) is 16.4. The van der Waals surface area contributed by atoms with Crippen molar-refractivity contribution in [3.63, 3.8) is 0 Å². The largest absolute Gasteiger partial charge is 0.457 e. The lowest BCUT2D eigenvalue weighted by molar-refractivity contribution is 0.481. The first-order valence-corrected chi connectivity index (χ1v) is 10.7. The molecule has 0 aliphatic rings. The van der Waals surface area contributed by atoms with Gasteiger partial charge in [-0.05, 0) is 72.4 Å². The van der Waals surface area contributed by atoms with Crippen LogP contribution in [0.15, 0.2) is 78.9 Å². The van der Waals surface area contributed by atoms with E-state index in [1.165, 1.54) is 16.7 Å². The standard InChI is InChI=1S/C26H25IO/c1-21-13-15-23(16-14-21)26(2,18-19-27)17-7-9-22-8-6-12-25(20-22)28-24-10-4-3-5-11-24/h3-6,8,10-16,20H,7,9,17H2,1-2H3. The van der Waals surface area contributed by atoms with E-state index < -0.39 is 0 Å². The molecule has 0 N–H and O–H groups in total. The summed E-state index contributed by atoms with van der Waals surface area (Å²) in [5.74, 6) is 5.19. The van der Waals surface area contributed by atoms with Gasteiger partial charge in [-0.15, -0.1) is 0 Å². The fourth-order valence-electron chi connectivity index (χ4n) is 3.34. The summed E-state index contributed by atoms with van der Waals surface area (Å²) in [6.07, 6.45) is 3.11. The second kappa shape index (κ2) is 9.80. The molecule has 3 rings (SSSR count). The van der Waals surface area contributed by atoms with E-state index in [2.05, 4.69) is 88.8 Å². The van der Waals surface area contributed by atoms with Crippen LogP contribution in [0.5, 0.6) is 11.5 Å². The van der Waals surface area contributed by atoms with E-state index >= 15 is 0 Å². The van der Waals surface area contributed by atoms with Crippen molar-refractivity contribution in [1.29, 1.82) is 0 Å². The second-order valence-electron chi connectivity index (χ2n) is 7.33. The van der Waals surface area contributed by atoms with Gasteiger partial charge >= 0.3 is 0 Å². The summed E-state index contributed by atoms with van der Waals surface area (Å²) in [6.45, 7) is 4.37. The van der Waals surface area contributed by atoms with Crippen LogP contribution in [0.4, 0.5) is 0 Å². The summed E-state index contributed by atoms with van der Waals surface area (Å²) in [5.41, 5.74) is 3.75. The molecule has 0 aromatic heterocycles. The number of halogens is 1. The van der Waals surface area contributed by atoms with Crippen molar-refractivity contribution in [3.05, 3.63) is 95.6 Å². The molecule has 1 atom stereocenters. The summed E-state index contributed by atoms with van der Waals surface area (Å²) in [4.78, 5) is 0. The molecule has 0 fully saturated rings. The summed E-state index contributed by atoms with van der Waals surface area (Å²) in [5, 5.41) is 0. The quantitative estimate of drug-likeness (QED) is 0.252. The molecule has 0 amide bonds. The van der Waals surface area contributed by atoms with Crippen molar-refractivity contribution < 1.29 is 4.74 Å². The van der Waals surface area contributed by atoms with Gasteiger partial charge in [0.05, 0.1) is 5.41 Å². The van der Waals surface area contributed by atoms with Crippen molar-refractivity contribution in [2.45, 2.75) is 38.5 Å². The third-order valence-electron chi connectivity index (χ3n) is 5.03. The van der Waals surface area contributed by atoms with Gasteiger partial charge in [-0.25, -0.2) is 0 Å². The van der Waals surface area contributed by atoms with Crippen LogP contribution in [0, 0.1) is 16.8 Å². The topological polar surface area (TPSA) is 9.23 Å². The predicted molar refractivity (Wildman–Crippen MR) is 126 cm³/mol. The van der Waals surface area contributed by atoms with E-state index in [0.717, 1.165) is 30.8 Å². The first-order chi connectivity index (χ1) is 13.6. The second-order valence-corrected chi connectivity index (χ2v) is 7.87. The molecular formula is C26H25IO. The monoisotopic (exact) mass is 480 g/mol. The molecule has 0 saturated carbocycles. The smallest absolute Gasteiger partial charge is 0.127 e. The molecule has 142 valence electrons. The highest BCUT2D eigenvalue weighted by molar-refractivity contribution is 14.1. The highest BCUT2D eigenvalue weighted by Gasteiger charge is 2.23. The van der Waals surface area contributed by atoms with Crippen LogP contribution in [0.3, 0.4) is 0 Å². The molecule has 1 nitrogen and oxygen atoms in total. The first-order valence-electron chi connectivity index (χ1n) is 9.61. The van der Waals surface area contributed by atoms with Crippen LogP contribution in [-0.4, -0.2) is 0 Å². The molecule has 3 aromatic carbocycles. The maximum atomic E-state index is 5.96. The number of hydrogen-bond acceptors (Lipinski definition) is 1. The van der Waals surface area contributed by atoms with E-state index in [0.29, 0.717) is 0 Å². The Balaban J connectivity index is 1.65. The highest BCUT2D eigenvalue weighted by atomic mass is 127. The molecule has 28 heavy (non-hydrogen) atoms. The predicted octanol–water partition coefficient (Wildman–Crippen LogP) is 7.46. The number of ether oxygens (including phenoxy) is 1. The number of para-hydroxylation sites is 1. The van der Waals surface area contributed by atoms with Gasteiger partial charge in [0.15, 0.2) is 0 Å². The lowest BCUT2D eigenvalue weighted by Crippen LogP contribution is -2.20. The van der Waals surface area contributed by atoms with Gasteiger partial charge in [-0.1, -0.05) is 66.1 Å². The minimum Gasteiger partial charge on any atom is -0.457 e. The summed E-state index contributed by atoms with van der Waals surface area (Å²) in [7, 11) is 0. The minimum atomic E-state index is -0.118. The maximum Gasteiger partial charge on any atom is 0.127 e. The molecule has 1 unspecified atom stereocenters. The lowest BCUT2D eigenvalue weighted by Gasteiger charge is -2.24. The van der Waals surface area contributed by atoms with Crippen molar-refractivity contribution in [2.24, 2.45) is 0 Å². The van der Waals surface area contributed by atoms with Crippen LogP contribution < -0.4 is 4.74 Å². The Morgan fingerprint density at radius 2 is 1.61 bits per heavy atom. The van der Waals surface area contributed by atoms with Crippen molar-refractivity contribution in [3.8, 4) is 21.3 Å². The van der Waals surface area contributed by atoms with Crippen LogP contribution in [0.1, 0.15) is 36.5 Å². The first kappa shape index (κ1) is 20.5. The van der Waals surface area contributed by atoms with Crippen LogP contribution >= 0.6 is 22.6 Å². The molecule has 0 aliphatic heterocycles. The maximum absolute atomic E-state index is 5.96. The van der Waals surface area contributed by atoms with Crippen molar-refractivity contribution >= 4 is 22.6 Å². The van der Waals surface area contributed by atoms with Crippen LogP contribution in [0.25, 0.3) is 0 Å². The van der Waals surface area contributed by atoms with Gasteiger partial charge in [0.2, 0.25) is 0 Å². The zero-order chi connectivity index (χ0) is 19.8. The van der Waals surface area contributed by atoms with E-state index in [4.69, 9.17) is 4.74 Å². The molecule has 0 aliphatic carbocycles. The molecule has 0 heterocycles. The SMILES string of the molecule is Cc1ccc(C(C)(C#CI)CCCc2cccc(Oc3ccccc3)c2)cc1. The Morgan fingerprint density at radius 1 is 0.893 bits per heavy atom. The number of aryl methyl sites for hydroxylation is 2. The number of rotatable bonds is 7. The van der Waals surface area contributed by atoms with Gasteiger partial charge in [-0.3, -0.25) is 0 Å². The third-order valence-corrected chi connectivity index (χ3v) is 5.30. The van der Waals surface area contributed by atoms with Gasteiger partial charge in [-0.2, -0.15) is 0 Å². The molecule has 2 heteroatoms. The molecule has 0 saturated heterocycles. The Morgan fingerprint density at radius 3 is 2.32 bits per heavy atom. The van der Waals surface area contributed by atoms with Gasteiger partial charge < -0.3 is 4.74 Å².